The Hall–Kier alpha value is -2.69. The van der Waals surface area contributed by atoms with Gasteiger partial charge in [-0.1, -0.05) is 6.92 Å². The van der Waals surface area contributed by atoms with Crippen molar-refractivity contribution in [2.45, 2.75) is 45.5 Å². The summed E-state index contributed by atoms with van der Waals surface area (Å²) in [5, 5.41) is 0. The molecule has 0 spiro atoms. The average Bonchev–Trinajstić information content (AvgIpc) is 3.26. The van der Waals surface area contributed by atoms with Gasteiger partial charge in [0.15, 0.2) is 25.2 Å². The quantitative estimate of drug-likeness (QED) is 0.196. The van der Waals surface area contributed by atoms with Crippen LogP contribution in [0, 0.1) is 0 Å². The summed E-state index contributed by atoms with van der Waals surface area (Å²) in [6, 6.07) is 8.72. The Balaban J connectivity index is 1.95. The van der Waals surface area contributed by atoms with Gasteiger partial charge in [0.25, 0.3) is 0 Å². The van der Waals surface area contributed by atoms with Gasteiger partial charge in [-0.25, -0.2) is 0 Å². The van der Waals surface area contributed by atoms with Crippen molar-refractivity contribution < 1.29 is 42.7 Å². The molecule has 0 amide bonds. The van der Waals surface area contributed by atoms with Crippen LogP contribution in [0.5, 0.6) is 17.2 Å². The average molecular weight is 519 g/mol. The predicted molar refractivity (Wildman–Crippen MR) is 137 cm³/mol. The fourth-order valence-electron chi connectivity index (χ4n) is 4.25. The third-order valence-electron chi connectivity index (χ3n) is 5.94. The molecule has 1 unspecified atom stereocenters. The molecule has 3 rings (SSSR count). The number of hydrogen-bond donors (Lipinski definition) is 0. The Kier molecular flexibility index (Phi) is 10.7. The van der Waals surface area contributed by atoms with E-state index >= 15 is 0 Å². The first kappa shape index (κ1) is 28.9. The van der Waals surface area contributed by atoms with E-state index in [-0.39, 0.29) is 25.5 Å². The number of benzene rings is 2. The Labute approximate surface area is 218 Å². The van der Waals surface area contributed by atoms with E-state index in [0.29, 0.717) is 61.0 Å². The zero-order chi connectivity index (χ0) is 26.8. The molecule has 1 fully saturated rings. The molecule has 0 bridgehead atoms. The lowest BCUT2D eigenvalue weighted by molar-refractivity contribution is -0.144. The molecule has 9 nitrogen and oxygen atoms in total. The number of rotatable bonds is 15. The number of ketones is 1. The van der Waals surface area contributed by atoms with E-state index in [1.165, 1.54) is 7.11 Å². The van der Waals surface area contributed by atoms with Crippen molar-refractivity contribution >= 4 is 5.78 Å². The highest BCUT2D eigenvalue weighted by Crippen LogP contribution is 2.37. The zero-order valence-electron chi connectivity index (χ0n) is 22.6. The molecule has 0 radical (unpaired) electrons. The third-order valence-corrected chi connectivity index (χ3v) is 5.94. The van der Waals surface area contributed by atoms with Crippen LogP contribution in [-0.4, -0.2) is 72.4 Å². The number of carbonyl (C=O) groups is 1. The molecule has 9 heteroatoms. The molecule has 1 saturated heterocycles. The first-order valence-electron chi connectivity index (χ1n) is 12.3. The van der Waals surface area contributed by atoms with Gasteiger partial charge in [-0.3, -0.25) is 4.79 Å². The second-order valence-electron chi connectivity index (χ2n) is 8.99. The van der Waals surface area contributed by atoms with Crippen LogP contribution in [0.25, 0.3) is 0 Å². The Bertz CT molecular complexity index is 1020. The van der Waals surface area contributed by atoms with Gasteiger partial charge in [0.05, 0.1) is 32.5 Å². The molecule has 0 saturated carbocycles. The highest BCUT2D eigenvalue weighted by Gasteiger charge is 2.32. The zero-order valence-corrected chi connectivity index (χ0v) is 22.6. The van der Waals surface area contributed by atoms with Crippen molar-refractivity contribution in [2.75, 3.05) is 54.7 Å². The van der Waals surface area contributed by atoms with Crippen molar-refractivity contribution in [3.8, 4) is 17.2 Å². The first-order valence-corrected chi connectivity index (χ1v) is 12.3. The molecule has 1 aliphatic rings. The Morgan fingerprint density at radius 1 is 1.00 bits per heavy atom. The fourth-order valence-corrected chi connectivity index (χ4v) is 4.25. The van der Waals surface area contributed by atoms with Gasteiger partial charge in [-0.05, 0) is 62.1 Å². The summed E-state index contributed by atoms with van der Waals surface area (Å²) < 4.78 is 44.7. The molecule has 0 aromatic heterocycles. The fraction of sp³-hybridized carbons (Fsp3) is 0.536. The molecule has 1 aliphatic heterocycles. The van der Waals surface area contributed by atoms with Crippen molar-refractivity contribution in [3.63, 3.8) is 0 Å². The summed E-state index contributed by atoms with van der Waals surface area (Å²) in [7, 11) is 4.67. The maximum Gasteiger partial charge on any atom is 0.197 e. The monoisotopic (exact) mass is 518 g/mol. The molecule has 0 N–H and O–H groups in total. The second kappa shape index (κ2) is 13.7. The van der Waals surface area contributed by atoms with Crippen LogP contribution in [0.2, 0.25) is 0 Å². The maximum absolute atomic E-state index is 13.9. The Morgan fingerprint density at radius 2 is 1.68 bits per heavy atom. The number of ether oxygens (including phenoxy) is 8. The third kappa shape index (κ3) is 7.66. The van der Waals surface area contributed by atoms with E-state index in [9.17, 15) is 4.79 Å². The smallest absolute Gasteiger partial charge is 0.197 e. The number of carbonyl (C=O) groups excluding carboxylic acids is 1. The van der Waals surface area contributed by atoms with E-state index in [4.69, 9.17) is 37.9 Å². The van der Waals surface area contributed by atoms with E-state index in [2.05, 4.69) is 0 Å². The van der Waals surface area contributed by atoms with Crippen molar-refractivity contribution in [2.24, 2.45) is 0 Å². The summed E-state index contributed by atoms with van der Waals surface area (Å²) in [6.07, 6.45) is 0.957. The van der Waals surface area contributed by atoms with Crippen LogP contribution in [0.15, 0.2) is 30.3 Å². The van der Waals surface area contributed by atoms with Crippen molar-refractivity contribution in [3.05, 3.63) is 52.6 Å². The van der Waals surface area contributed by atoms with Crippen LogP contribution in [0.4, 0.5) is 0 Å². The maximum atomic E-state index is 13.9. The Morgan fingerprint density at radius 3 is 2.24 bits per heavy atom. The first-order chi connectivity index (χ1) is 17.8. The summed E-state index contributed by atoms with van der Waals surface area (Å²) in [5.74, 6) is 0.842. The van der Waals surface area contributed by atoms with Crippen molar-refractivity contribution in [1.82, 2.24) is 0 Å². The molecular formula is C28H38O9. The van der Waals surface area contributed by atoms with Crippen LogP contribution in [0.1, 0.15) is 47.8 Å². The molecule has 1 heterocycles. The molecule has 204 valence electrons. The molecule has 1 atom stereocenters. The standard InChI is InChI=1S/C28H38O9/c1-7-22-23(12-13-33-15-21-16-36-28(2,3)37-21)26(27(29)19-8-10-20(32-6)11-9-19)25(35-18-31-5)14-24(22)34-17-30-4/h8-11,14,21H,7,12-13,15-18H2,1-6H3. The second-order valence-corrected chi connectivity index (χ2v) is 8.99. The topological polar surface area (TPSA) is 90.9 Å². The normalized spacial score (nSPS) is 16.5. The lowest BCUT2D eigenvalue weighted by Gasteiger charge is -2.22. The molecule has 0 aliphatic carbocycles. The summed E-state index contributed by atoms with van der Waals surface area (Å²) in [6.45, 7) is 7.05. The summed E-state index contributed by atoms with van der Waals surface area (Å²) >= 11 is 0. The molecule has 2 aromatic rings. The predicted octanol–water partition coefficient (Wildman–Crippen LogP) is 4.16. The number of methoxy groups -OCH3 is 3. The van der Waals surface area contributed by atoms with E-state index in [1.54, 1.807) is 44.6 Å². The highest BCUT2D eigenvalue weighted by atomic mass is 16.7. The van der Waals surface area contributed by atoms with Gasteiger partial charge >= 0.3 is 0 Å². The van der Waals surface area contributed by atoms with Gasteiger partial charge in [0, 0.05) is 25.8 Å². The van der Waals surface area contributed by atoms with Crippen LogP contribution in [0.3, 0.4) is 0 Å². The van der Waals surface area contributed by atoms with Crippen LogP contribution >= 0.6 is 0 Å². The minimum atomic E-state index is -0.609. The van der Waals surface area contributed by atoms with Gasteiger partial charge in [-0.15, -0.1) is 0 Å². The minimum absolute atomic E-state index is 0.0250. The molecule has 37 heavy (non-hydrogen) atoms. The van der Waals surface area contributed by atoms with Gasteiger partial charge < -0.3 is 37.9 Å². The van der Waals surface area contributed by atoms with Crippen LogP contribution in [-0.2, 0) is 36.5 Å². The molecule has 2 aromatic carbocycles. The largest absolute Gasteiger partial charge is 0.497 e. The summed E-state index contributed by atoms with van der Waals surface area (Å²) in [4.78, 5) is 13.9. The lowest BCUT2D eigenvalue weighted by Crippen LogP contribution is -2.24. The summed E-state index contributed by atoms with van der Waals surface area (Å²) in [5.41, 5.74) is 2.65. The van der Waals surface area contributed by atoms with E-state index < -0.39 is 5.79 Å². The van der Waals surface area contributed by atoms with Gasteiger partial charge in [0.2, 0.25) is 0 Å². The number of hydrogen-bond acceptors (Lipinski definition) is 9. The molecular weight excluding hydrogens is 480 g/mol. The van der Waals surface area contributed by atoms with Gasteiger partial charge in [-0.2, -0.15) is 0 Å². The van der Waals surface area contributed by atoms with Crippen molar-refractivity contribution in [1.29, 1.82) is 0 Å². The minimum Gasteiger partial charge on any atom is -0.497 e. The van der Waals surface area contributed by atoms with E-state index in [1.807, 2.05) is 20.8 Å². The van der Waals surface area contributed by atoms with Crippen LogP contribution < -0.4 is 14.2 Å². The highest BCUT2D eigenvalue weighted by molar-refractivity contribution is 6.12. The van der Waals surface area contributed by atoms with Gasteiger partial charge in [0.1, 0.15) is 23.4 Å². The van der Waals surface area contributed by atoms with E-state index in [0.717, 1.165) is 11.1 Å². The SMILES string of the molecule is CCc1c(OCOC)cc(OCOC)c(C(=O)c2ccc(OC)cc2)c1CCOCC1COC(C)(C)O1. The lowest BCUT2D eigenvalue weighted by atomic mass is 9.90.